The van der Waals surface area contributed by atoms with Crippen LogP contribution in [-0.4, -0.2) is 38.5 Å². The first-order valence-corrected chi connectivity index (χ1v) is 14.6. The highest BCUT2D eigenvalue weighted by Crippen LogP contribution is 2.55. The Morgan fingerprint density at radius 3 is 2.03 bits per heavy atom. The lowest BCUT2D eigenvalue weighted by Gasteiger charge is -2.32. The molecule has 0 aliphatic heterocycles. The van der Waals surface area contributed by atoms with Crippen molar-refractivity contribution >= 4 is 26.4 Å². The summed E-state index contributed by atoms with van der Waals surface area (Å²) in [5.74, 6) is 0.447. The Morgan fingerprint density at radius 1 is 0.882 bits per heavy atom. The number of hydrogen-bond donors (Lipinski definition) is 2. The quantitative estimate of drug-likeness (QED) is 0.498. The Morgan fingerprint density at radius 2 is 1.47 bits per heavy atom. The molecule has 5 heteroatoms. The Bertz CT molecular complexity index is 1220. The predicted octanol–water partition coefficient (Wildman–Crippen LogP) is 4.59. The van der Waals surface area contributed by atoms with Crippen molar-refractivity contribution < 1.29 is 9.59 Å². The molecule has 0 spiro atoms. The highest BCUT2D eigenvalue weighted by molar-refractivity contribution is 6.70. The van der Waals surface area contributed by atoms with E-state index in [9.17, 15) is 9.59 Å². The predicted molar refractivity (Wildman–Crippen MR) is 140 cm³/mol. The van der Waals surface area contributed by atoms with Crippen molar-refractivity contribution in [3.63, 3.8) is 0 Å². The maximum atomic E-state index is 11.6. The van der Waals surface area contributed by atoms with Crippen molar-refractivity contribution in [2.75, 3.05) is 0 Å². The van der Waals surface area contributed by atoms with Gasteiger partial charge in [0.05, 0.1) is 12.1 Å². The molecule has 0 saturated carbocycles. The summed E-state index contributed by atoms with van der Waals surface area (Å²) in [5, 5.41) is 7.51. The first-order valence-electron chi connectivity index (χ1n) is 12.1. The van der Waals surface area contributed by atoms with Crippen LogP contribution < -0.4 is 10.6 Å². The van der Waals surface area contributed by atoms with Gasteiger partial charge < -0.3 is 10.6 Å². The SMILES string of the molecule is CC1=C(C2c3ccccc3-c3ccccc32)C2=C(C1)CC(NC=O)C(NC=O)C(=[Si](C)C)C2C. The molecule has 3 unspecified atom stereocenters. The highest BCUT2D eigenvalue weighted by Gasteiger charge is 2.42. The van der Waals surface area contributed by atoms with E-state index in [2.05, 4.69) is 86.1 Å². The number of carbonyl (C=O) groups excluding carboxylic acids is 2. The summed E-state index contributed by atoms with van der Waals surface area (Å²) in [6.45, 7) is 9.19. The molecule has 0 saturated heterocycles. The van der Waals surface area contributed by atoms with E-state index < -0.39 is 8.41 Å². The standard InChI is InChI=1S/C29H32N2O2Si/c1-17-13-19-14-24(30-15-32)28(31-16-33)29(34(3)4)18(2)26(19)25(17)27-22-11-7-5-9-20(22)21-10-6-8-12-23(21)27/h5-12,15-16,18,24,27-28H,13-14H2,1-4H3,(H,30,32)(H,31,33). The van der Waals surface area contributed by atoms with Crippen LogP contribution in [0.5, 0.6) is 0 Å². The van der Waals surface area contributed by atoms with Gasteiger partial charge in [0, 0.05) is 20.2 Å². The molecule has 2 amide bonds. The molecule has 2 N–H and O–H groups in total. The first-order chi connectivity index (χ1) is 16.5. The summed E-state index contributed by atoms with van der Waals surface area (Å²) in [4.78, 5) is 23.1. The van der Waals surface area contributed by atoms with Crippen LogP contribution in [0.2, 0.25) is 13.1 Å². The Balaban J connectivity index is 1.70. The van der Waals surface area contributed by atoms with Gasteiger partial charge in [-0.15, -0.1) is 0 Å². The van der Waals surface area contributed by atoms with E-state index in [0.29, 0.717) is 0 Å². The van der Waals surface area contributed by atoms with Gasteiger partial charge in [-0.3, -0.25) is 9.59 Å². The van der Waals surface area contributed by atoms with Crippen molar-refractivity contribution in [2.45, 2.75) is 57.8 Å². The fraction of sp³-hybridized carbons (Fsp3) is 0.345. The van der Waals surface area contributed by atoms with Gasteiger partial charge in [0.2, 0.25) is 12.8 Å². The molecule has 0 bridgehead atoms. The second-order valence-corrected chi connectivity index (χ2v) is 12.6. The number of hydrogen-bond acceptors (Lipinski definition) is 2. The van der Waals surface area contributed by atoms with Crippen LogP contribution in [0.3, 0.4) is 0 Å². The number of benzene rings is 2. The number of fused-ring (bicyclic) bond motifs is 3. The van der Waals surface area contributed by atoms with Crippen LogP contribution in [0.4, 0.5) is 0 Å². The molecule has 2 aromatic carbocycles. The number of nitrogens with one attached hydrogen (secondary N) is 2. The van der Waals surface area contributed by atoms with E-state index in [1.807, 2.05) is 0 Å². The Labute approximate surface area is 203 Å². The van der Waals surface area contributed by atoms with E-state index in [1.54, 1.807) is 0 Å². The Hall–Kier alpha value is -3.05. The lowest BCUT2D eigenvalue weighted by molar-refractivity contribution is -0.112. The second kappa shape index (κ2) is 8.95. The van der Waals surface area contributed by atoms with Gasteiger partial charge in [-0.1, -0.05) is 84.9 Å². The van der Waals surface area contributed by atoms with E-state index in [1.165, 1.54) is 49.7 Å². The molecule has 4 nitrogen and oxygen atoms in total. The van der Waals surface area contributed by atoms with Gasteiger partial charge in [0.15, 0.2) is 0 Å². The maximum Gasteiger partial charge on any atom is 0.207 e. The Kier molecular flexibility index (Phi) is 5.98. The van der Waals surface area contributed by atoms with Crippen LogP contribution in [0, 0.1) is 5.92 Å². The fourth-order valence-corrected chi connectivity index (χ4v) is 8.73. The normalized spacial score (nSPS) is 23.8. The van der Waals surface area contributed by atoms with Crippen molar-refractivity contribution in [3.8, 4) is 11.1 Å². The summed E-state index contributed by atoms with van der Waals surface area (Å²) in [6.07, 6.45) is 3.28. The highest BCUT2D eigenvalue weighted by atomic mass is 28.2. The van der Waals surface area contributed by atoms with Gasteiger partial charge in [-0.05, 0) is 53.2 Å². The summed E-state index contributed by atoms with van der Waals surface area (Å²) in [6, 6.07) is 17.4. The molecule has 0 heterocycles. The maximum absolute atomic E-state index is 11.6. The number of amides is 2. The average Bonchev–Trinajstić information content (AvgIpc) is 3.28. The molecule has 34 heavy (non-hydrogen) atoms. The lowest BCUT2D eigenvalue weighted by Crippen LogP contribution is -2.54. The van der Waals surface area contributed by atoms with E-state index >= 15 is 0 Å². The average molecular weight is 469 g/mol. The first kappa shape index (κ1) is 22.7. The summed E-state index contributed by atoms with van der Waals surface area (Å²) < 4.78 is 0. The van der Waals surface area contributed by atoms with E-state index in [4.69, 9.17) is 0 Å². The zero-order chi connectivity index (χ0) is 24.0. The lowest BCUT2D eigenvalue weighted by atomic mass is 9.79. The third-order valence-electron chi connectivity index (χ3n) is 7.94. The third-order valence-corrected chi connectivity index (χ3v) is 9.84. The molecule has 5 rings (SSSR count). The van der Waals surface area contributed by atoms with Crippen LogP contribution in [0.1, 0.15) is 43.7 Å². The van der Waals surface area contributed by atoms with Crippen molar-refractivity contribution in [3.05, 3.63) is 82.0 Å². The van der Waals surface area contributed by atoms with E-state index in [0.717, 1.165) is 25.7 Å². The fourth-order valence-electron chi connectivity index (χ4n) is 6.81. The zero-order valence-corrected chi connectivity index (χ0v) is 21.3. The summed E-state index contributed by atoms with van der Waals surface area (Å²) in [7, 11) is -0.866. The monoisotopic (exact) mass is 468 g/mol. The molecule has 174 valence electrons. The molecule has 3 aliphatic rings. The van der Waals surface area contributed by atoms with E-state index in [-0.39, 0.29) is 23.9 Å². The largest absolute Gasteiger partial charge is 0.353 e. The minimum atomic E-state index is -0.866. The minimum Gasteiger partial charge on any atom is -0.353 e. The molecule has 3 aliphatic carbocycles. The van der Waals surface area contributed by atoms with Crippen LogP contribution in [0.15, 0.2) is 70.8 Å². The smallest absolute Gasteiger partial charge is 0.207 e. The van der Waals surface area contributed by atoms with Gasteiger partial charge in [-0.2, -0.15) is 0 Å². The second-order valence-electron chi connectivity index (χ2n) is 10.0. The number of rotatable bonds is 5. The van der Waals surface area contributed by atoms with Crippen LogP contribution >= 0.6 is 0 Å². The topological polar surface area (TPSA) is 58.2 Å². The number of allylic oxidation sites excluding steroid dienone is 3. The molecule has 2 aromatic rings. The molecule has 0 fully saturated rings. The van der Waals surface area contributed by atoms with Gasteiger partial charge in [0.1, 0.15) is 0 Å². The van der Waals surface area contributed by atoms with Gasteiger partial charge in [-0.25, -0.2) is 0 Å². The van der Waals surface area contributed by atoms with Crippen molar-refractivity contribution in [1.29, 1.82) is 0 Å². The van der Waals surface area contributed by atoms with Crippen molar-refractivity contribution in [1.82, 2.24) is 10.6 Å². The molecule has 3 atom stereocenters. The van der Waals surface area contributed by atoms with Crippen molar-refractivity contribution in [2.24, 2.45) is 5.92 Å². The zero-order valence-electron chi connectivity index (χ0n) is 20.3. The molecule has 0 radical (unpaired) electrons. The minimum absolute atomic E-state index is 0.122. The number of carbonyl (C=O) groups is 2. The van der Waals surface area contributed by atoms with Gasteiger partial charge >= 0.3 is 0 Å². The van der Waals surface area contributed by atoms with Gasteiger partial charge in [0.25, 0.3) is 0 Å². The molecular weight excluding hydrogens is 436 g/mol. The molecular formula is C29H32N2O2Si. The third kappa shape index (κ3) is 3.45. The van der Waals surface area contributed by atoms with Crippen LogP contribution in [0.25, 0.3) is 11.1 Å². The molecule has 0 aromatic heterocycles. The van der Waals surface area contributed by atoms with Crippen LogP contribution in [-0.2, 0) is 9.59 Å². The summed E-state index contributed by atoms with van der Waals surface area (Å²) in [5.41, 5.74) is 11.2. The summed E-state index contributed by atoms with van der Waals surface area (Å²) >= 11 is 0.